The van der Waals surface area contributed by atoms with Gasteiger partial charge in [-0.1, -0.05) is 12.1 Å². The number of ether oxygens (including phenoxy) is 1. The monoisotopic (exact) mass is 315 g/mol. The first kappa shape index (κ1) is 15.6. The minimum absolute atomic E-state index is 0.347. The molecule has 4 N–H and O–H groups in total. The van der Waals surface area contributed by atoms with Crippen LogP contribution < -0.4 is 16.2 Å². The van der Waals surface area contributed by atoms with Gasteiger partial charge in [-0.05, 0) is 49.7 Å². The van der Waals surface area contributed by atoms with Crippen LogP contribution in [-0.2, 0) is 0 Å². The summed E-state index contributed by atoms with van der Waals surface area (Å²) < 4.78 is 19.6. The Balaban J connectivity index is 1.74. The van der Waals surface area contributed by atoms with Crippen LogP contribution in [0.15, 0.2) is 36.4 Å². The van der Waals surface area contributed by atoms with Crippen molar-refractivity contribution in [2.75, 3.05) is 37.7 Å². The number of halogens is 1. The molecular weight excluding hydrogens is 293 g/mol. The topological polar surface area (TPSA) is 64.5 Å². The fourth-order valence-electron chi connectivity index (χ4n) is 2.94. The van der Waals surface area contributed by atoms with Crippen molar-refractivity contribution in [3.8, 4) is 16.9 Å². The zero-order valence-corrected chi connectivity index (χ0v) is 13.1. The summed E-state index contributed by atoms with van der Waals surface area (Å²) in [4.78, 5) is 2.36. The summed E-state index contributed by atoms with van der Waals surface area (Å²) in [7, 11) is 0. The number of nitrogen functional groups attached to an aromatic ring is 2. The molecule has 23 heavy (non-hydrogen) atoms. The van der Waals surface area contributed by atoms with Crippen LogP contribution in [0.2, 0.25) is 0 Å². The molecule has 3 rings (SSSR count). The average molecular weight is 315 g/mol. The number of benzene rings is 2. The Morgan fingerprint density at radius 1 is 1.09 bits per heavy atom. The van der Waals surface area contributed by atoms with Crippen molar-refractivity contribution in [2.24, 2.45) is 0 Å². The molecular formula is C18H22FN3O. The van der Waals surface area contributed by atoms with Gasteiger partial charge in [-0.3, -0.25) is 4.90 Å². The second kappa shape index (κ2) is 6.87. The Labute approximate surface area is 135 Å². The van der Waals surface area contributed by atoms with Crippen molar-refractivity contribution in [1.29, 1.82) is 0 Å². The summed E-state index contributed by atoms with van der Waals surface area (Å²) in [6.45, 7) is 3.66. The first-order chi connectivity index (χ1) is 11.1. The number of nitrogens with two attached hydrogens (primary N) is 2. The number of nitrogens with zero attached hydrogens (tertiary/aromatic N) is 1. The molecule has 1 heterocycles. The lowest BCUT2D eigenvalue weighted by atomic mass is 10.0. The van der Waals surface area contributed by atoms with Crippen LogP contribution in [0.3, 0.4) is 0 Å². The molecule has 0 bridgehead atoms. The number of likely N-dealkylation sites (tertiary alicyclic amines) is 1. The molecule has 1 aliphatic rings. The molecule has 0 amide bonds. The molecule has 0 radical (unpaired) electrons. The van der Waals surface area contributed by atoms with E-state index in [1.54, 1.807) is 18.2 Å². The van der Waals surface area contributed by atoms with Crippen molar-refractivity contribution in [2.45, 2.75) is 12.8 Å². The first-order valence-corrected chi connectivity index (χ1v) is 7.93. The summed E-state index contributed by atoms with van der Waals surface area (Å²) in [6.07, 6.45) is 2.50. The molecule has 0 aromatic heterocycles. The van der Waals surface area contributed by atoms with E-state index in [0.717, 1.165) is 19.6 Å². The van der Waals surface area contributed by atoms with E-state index >= 15 is 0 Å². The van der Waals surface area contributed by atoms with Crippen LogP contribution in [0.1, 0.15) is 12.8 Å². The molecule has 0 saturated carbocycles. The van der Waals surface area contributed by atoms with E-state index in [9.17, 15) is 4.39 Å². The molecule has 4 nitrogen and oxygen atoms in total. The minimum Gasteiger partial charge on any atom is -0.492 e. The second-order valence-electron chi connectivity index (χ2n) is 5.88. The van der Waals surface area contributed by atoms with Gasteiger partial charge in [0.2, 0.25) is 0 Å². The zero-order valence-electron chi connectivity index (χ0n) is 13.1. The molecule has 122 valence electrons. The molecule has 1 aliphatic heterocycles. The number of anilines is 2. The van der Waals surface area contributed by atoms with Crippen molar-refractivity contribution in [3.63, 3.8) is 0 Å². The van der Waals surface area contributed by atoms with E-state index < -0.39 is 0 Å². The Hall–Kier alpha value is -2.27. The van der Waals surface area contributed by atoms with Crippen LogP contribution in [0.25, 0.3) is 11.1 Å². The standard InChI is InChI=1S/C18H22FN3O/c19-14-10-13(16-4-3-5-17(20)18(16)21)11-15(12-14)23-9-8-22-6-1-2-7-22/h3-5,10-12H,1-2,6-9,20-21H2. The molecule has 0 spiro atoms. The molecule has 2 aromatic carbocycles. The summed E-state index contributed by atoms with van der Waals surface area (Å²) in [5, 5.41) is 0. The highest BCUT2D eigenvalue weighted by Crippen LogP contribution is 2.32. The maximum absolute atomic E-state index is 13.9. The van der Waals surface area contributed by atoms with Gasteiger partial charge in [-0.2, -0.15) is 0 Å². The lowest BCUT2D eigenvalue weighted by Gasteiger charge is -2.15. The van der Waals surface area contributed by atoms with Crippen LogP contribution in [0.4, 0.5) is 15.8 Å². The van der Waals surface area contributed by atoms with E-state index in [1.807, 2.05) is 6.07 Å². The normalized spacial score (nSPS) is 15.0. The van der Waals surface area contributed by atoms with Crippen molar-refractivity contribution >= 4 is 11.4 Å². The minimum atomic E-state index is -0.347. The van der Waals surface area contributed by atoms with E-state index in [0.29, 0.717) is 34.9 Å². The van der Waals surface area contributed by atoms with Gasteiger partial charge < -0.3 is 16.2 Å². The van der Waals surface area contributed by atoms with Crippen molar-refractivity contribution in [1.82, 2.24) is 4.90 Å². The van der Waals surface area contributed by atoms with E-state index in [1.165, 1.54) is 25.0 Å². The maximum atomic E-state index is 13.9. The Morgan fingerprint density at radius 2 is 1.87 bits per heavy atom. The average Bonchev–Trinajstić information content (AvgIpc) is 3.03. The molecule has 1 fully saturated rings. The van der Waals surface area contributed by atoms with E-state index in [4.69, 9.17) is 16.2 Å². The highest BCUT2D eigenvalue weighted by atomic mass is 19.1. The third-order valence-corrected chi connectivity index (χ3v) is 4.20. The largest absolute Gasteiger partial charge is 0.492 e. The highest BCUT2D eigenvalue weighted by molar-refractivity contribution is 5.84. The Kier molecular flexibility index (Phi) is 4.67. The van der Waals surface area contributed by atoms with Gasteiger partial charge in [-0.15, -0.1) is 0 Å². The number of rotatable bonds is 5. The molecule has 0 atom stereocenters. The van der Waals surface area contributed by atoms with E-state index in [2.05, 4.69) is 4.90 Å². The lowest BCUT2D eigenvalue weighted by molar-refractivity contribution is 0.237. The van der Waals surface area contributed by atoms with Crippen LogP contribution in [0.5, 0.6) is 5.75 Å². The van der Waals surface area contributed by atoms with Crippen LogP contribution >= 0.6 is 0 Å². The van der Waals surface area contributed by atoms with Crippen molar-refractivity contribution in [3.05, 3.63) is 42.2 Å². The quantitative estimate of drug-likeness (QED) is 0.832. The van der Waals surface area contributed by atoms with Crippen LogP contribution in [-0.4, -0.2) is 31.1 Å². The highest BCUT2D eigenvalue weighted by Gasteiger charge is 2.12. The SMILES string of the molecule is Nc1cccc(-c2cc(F)cc(OCCN3CCCC3)c2)c1N. The third kappa shape index (κ3) is 3.74. The zero-order chi connectivity index (χ0) is 16.2. The third-order valence-electron chi connectivity index (χ3n) is 4.20. The fourth-order valence-corrected chi connectivity index (χ4v) is 2.94. The summed E-state index contributed by atoms with van der Waals surface area (Å²) in [5.41, 5.74) is 14.2. The van der Waals surface area contributed by atoms with Crippen molar-refractivity contribution < 1.29 is 9.13 Å². The number of para-hydroxylation sites is 1. The smallest absolute Gasteiger partial charge is 0.127 e. The van der Waals surface area contributed by atoms with Gasteiger partial charge in [0, 0.05) is 18.2 Å². The van der Waals surface area contributed by atoms with Gasteiger partial charge in [0.1, 0.15) is 18.2 Å². The van der Waals surface area contributed by atoms with E-state index in [-0.39, 0.29) is 5.82 Å². The summed E-state index contributed by atoms with van der Waals surface area (Å²) >= 11 is 0. The second-order valence-corrected chi connectivity index (χ2v) is 5.88. The predicted molar refractivity (Wildman–Crippen MR) is 91.8 cm³/mol. The molecule has 0 aliphatic carbocycles. The molecule has 0 unspecified atom stereocenters. The van der Waals surface area contributed by atoms with Gasteiger partial charge in [-0.25, -0.2) is 4.39 Å². The van der Waals surface area contributed by atoms with Crippen LogP contribution in [0, 0.1) is 5.82 Å². The van der Waals surface area contributed by atoms with Gasteiger partial charge in [0.15, 0.2) is 0 Å². The predicted octanol–water partition coefficient (Wildman–Crippen LogP) is 3.13. The van der Waals surface area contributed by atoms with Gasteiger partial charge >= 0.3 is 0 Å². The molecule has 5 heteroatoms. The lowest BCUT2D eigenvalue weighted by Crippen LogP contribution is -2.25. The Bertz CT molecular complexity index is 684. The molecule has 2 aromatic rings. The Morgan fingerprint density at radius 3 is 2.65 bits per heavy atom. The summed E-state index contributed by atoms with van der Waals surface area (Å²) in [6, 6.07) is 10.0. The molecule has 1 saturated heterocycles. The number of hydrogen-bond donors (Lipinski definition) is 2. The van der Waals surface area contributed by atoms with Gasteiger partial charge in [0.05, 0.1) is 11.4 Å². The number of hydrogen-bond acceptors (Lipinski definition) is 4. The maximum Gasteiger partial charge on any atom is 0.127 e. The summed E-state index contributed by atoms with van der Waals surface area (Å²) in [5.74, 6) is 0.168. The van der Waals surface area contributed by atoms with Gasteiger partial charge in [0.25, 0.3) is 0 Å². The first-order valence-electron chi connectivity index (χ1n) is 7.93. The fraction of sp³-hybridized carbons (Fsp3) is 0.333.